The van der Waals surface area contributed by atoms with Gasteiger partial charge in [-0.3, -0.25) is 4.79 Å². The summed E-state index contributed by atoms with van der Waals surface area (Å²) < 4.78 is 0.957. The predicted molar refractivity (Wildman–Crippen MR) is 58.0 cm³/mol. The second kappa shape index (κ2) is 4.74. The summed E-state index contributed by atoms with van der Waals surface area (Å²) in [6.45, 7) is 2.33. The lowest BCUT2D eigenvalue weighted by molar-refractivity contribution is 0.0941. The number of hydrogen-bond donors (Lipinski definition) is 2. The molecule has 72 valence electrons. The Balaban J connectivity index is 2.58. The van der Waals surface area contributed by atoms with Crippen molar-refractivity contribution >= 4 is 33.2 Å². The highest BCUT2D eigenvalue weighted by Gasteiger charge is 2.09. The summed E-state index contributed by atoms with van der Waals surface area (Å²) in [6, 6.07) is 1.81. The van der Waals surface area contributed by atoms with Gasteiger partial charge in [-0.05, 0) is 28.9 Å². The number of rotatable bonds is 3. The Labute approximate surface area is 89.5 Å². The first-order chi connectivity index (χ1) is 6.13. The zero-order chi connectivity index (χ0) is 9.84. The Bertz CT molecular complexity index is 300. The molecule has 0 aliphatic heterocycles. The van der Waals surface area contributed by atoms with E-state index in [1.807, 2.05) is 12.3 Å². The molecular weight excluding hydrogens is 252 g/mol. The van der Waals surface area contributed by atoms with Gasteiger partial charge >= 0.3 is 0 Å². The fraction of sp³-hybridized carbons (Fsp3) is 0.375. The van der Waals surface area contributed by atoms with E-state index in [9.17, 15) is 4.79 Å². The number of nitrogens with one attached hydrogen (secondary N) is 1. The van der Waals surface area contributed by atoms with Crippen LogP contribution >= 0.6 is 27.3 Å². The Morgan fingerprint density at radius 3 is 3.00 bits per heavy atom. The minimum atomic E-state index is -0.0695. The number of hydrogen-bond acceptors (Lipinski definition) is 3. The predicted octanol–water partition coefficient (Wildman–Crippen LogP) is 1.59. The molecule has 0 unspecified atom stereocenters. The van der Waals surface area contributed by atoms with E-state index in [2.05, 4.69) is 21.2 Å². The van der Waals surface area contributed by atoms with Crippen molar-refractivity contribution in [3.63, 3.8) is 0 Å². The van der Waals surface area contributed by atoms with Gasteiger partial charge < -0.3 is 11.1 Å². The highest BCUT2D eigenvalue weighted by Crippen LogP contribution is 2.20. The summed E-state index contributed by atoms with van der Waals surface area (Å²) in [5, 5.41) is 4.59. The summed E-state index contributed by atoms with van der Waals surface area (Å²) >= 11 is 4.79. The molecule has 1 heterocycles. The first-order valence-electron chi connectivity index (χ1n) is 3.88. The molecule has 3 nitrogen and oxygen atoms in total. The summed E-state index contributed by atoms with van der Waals surface area (Å²) in [5.74, 6) is -0.0695. The lowest BCUT2D eigenvalue weighted by Gasteiger charge is -2.09. The van der Waals surface area contributed by atoms with Crippen LogP contribution in [0.15, 0.2) is 15.2 Å². The Hall–Kier alpha value is -0.390. The highest BCUT2D eigenvalue weighted by molar-refractivity contribution is 9.11. The van der Waals surface area contributed by atoms with E-state index in [0.29, 0.717) is 12.1 Å². The van der Waals surface area contributed by atoms with Crippen LogP contribution in [0.3, 0.4) is 0 Å². The molecule has 1 aromatic heterocycles. The first-order valence-corrected chi connectivity index (χ1v) is 5.55. The third kappa shape index (κ3) is 3.10. The van der Waals surface area contributed by atoms with Crippen LogP contribution in [-0.4, -0.2) is 18.5 Å². The molecule has 1 amide bonds. The van der Waals surface area contributed by atoms with Crippen LogP contribution in [-0.2, 0) is 0 Å². The van der Waals surface area contributed by atoms with Gasteiger partial charge in [-0.25, -0.2) is 0 Å². The average Bonchev–Trinajstić information content (AvgIpc) is 2.51. The van der Waals surface area contributed by atoms with Crippen LogP contribution in [0.25, 0.3) is 0 Å². The average molecular weight is 263 g/mol. The topological polar surface area (TPSA) is 55.1 Å². The molecule has 1 atom stereocenters. The quantitative estimate of drug-likeness (QED) is 0.870. The molecule has 0 saturated heterocycles. The number of amides is 1. The molecule has 0 radical (unpaired) electrons. The van der Waals surface area contributed by atoms with Crippen molar-refractivity contribution in [3.05, 3.63) is 20.8 Å². The second-order valence-electron chi connectivity index (χ2n) is 2.75. The highest BCUT2D eigenvalue weighted by atomic mass is 79.9. The lowest BCUT2D eigenvalue weighted by Crippen LogP contribution is -2.37. The van der Waals surface area contributed by atoms with E-state index in [1.54, 1.807) is 6.07 Å². The van der Waals surface area contributed by atoms with Gasteiger partial charge in [-0.1, -0.05) is 0 Å². The van der Waals surface area contributed by atoms with Crippen LogP contribution in [0, 0.1) is 0 Å². The van der Waals surface area contributed by atoms with Crippen LogP contribution < -0.4 is 11.1 Å². The zero-order valence-electron chi connectivity index (χ0n) is 7.21. The number of halogens is 1. The van der Waals surface area contributed by atoms with Crippen LogP contribution in [0.1, 0.15) is 17.3 Å². The van der Waals surface area contributed by atoms with Gasteiger partial charge in [0.2, 0.25) is 0 Å². The van der Waals surface area contributed by atoms with Crippen molar-refractivity contribution < 1.29 is 4.79 Å². The molecule has 5 heteroatoms. The molecule has 13 heavy (non-hydrogen) atoms. The van der Waals surface area contributed by atoms with Crippen molar-refractivity contribution in [2.75, 3.05) is 6.54 Å². The van der Waals surface area contributed by atoms with Crippen molar-refractivity contribution in [2.45, 2.75) is 13.0 Å². The summed E-state index contributed by atoms with van der Waals surface area (Å²) in [4.78, 5) is 11.4. The van der Waals surface area contributed by atoms with Crippen molar-refractivity contribution in [3.8, 4) is 0 Å². The summed E-state index contributed by atoms with van der Waals surface area (Å²) in [7, 11) is 0. The molecule has 0 aliphatic rings. The molecule has 1 aromatic rings. The molecule has 0 aromatic carbocycles. The van der Waals surface area contributed by atoms with E-state index < -0.39 is 0 Å². The second-order valence-corrected chi connectivity index (χ2v) is 5.04. The van der Waals surface area contributed by atoms with E-state index in [-0.39, 0.29) is 11.9 Å². The molecule has 0 bridgehead atoms. The number of carbonyl (C=O) groups is 1. The molecule has 0 fully saturated rings. The maximum absolute atomic E-state index is 11.4. The minimum absolute atomic E-state index is 0.0196. The van der Waals surface area contributed by atoms with E-state index >= 15 is 0 Å². The van der Waals surface area contributed by atoms with Crippen molar-refractivity contribution in [2.24, 2.45) is 5.73 Å². The molecule has 3 N–H and O–H groups in total. The lowest BCUT2D eigenvalue weighted by atomic mass is 10.3. The number of nitrogens with two attached hydrogens (primary N) is 1. The van der Waals surface area contributed by atoms with Crippen molar-refractivity contribution in [1.29, 1.82) is 0 Å². The summed E-state index contributed by atoms with van der Waals surface area (Å²) in [6.07, 6.45) is 0. The monoisotopic (exact) mass is 262 g/mol. The van der Waals surface area contributed by atoms with Gasteiger partial charge in [-0.2, -0.15) is 0 Å². The molecule has 0 spiro atoms. The van der Waals surface area contributed by atoms with Gasteiger partial charge in [-0.15, -0.1) is 11.3 Å². The summed E-state index contributed by atoms with van der Waals surface area (Å²) in [5.41, 5.74) is 6.06. The van der Waals surface area contributed by atoms with Gasteiger partial charge in [0.05, 0.1) is 9.35 Å². The first kappa shape index (κ1) is 10.7. The van der Waals surface area contributed by atoms with Crippen LogP contribution in [0.2, 0.25) is 0 Å². The molecule has 1 rings (SSSR count). The van der Waals surface area contributed by atoms with Gasteiger partial charge in [0.25, 0.3) is 5.91 Å². The largest absolute Gasteiger partial charge is 0.348 e. The minimum Gasteiger partial charge on any atom is -0.348 e. The molecular formula is C8H11BrN2OS. The van der Waals surface area contributed by atoms with Crippen LogP contribution in [0.4, 0.5) is 0 Å². The smallest absolute Gasteiger partial charge is 0.252 e. The van der Waals surface area contributed by atoms with Crippen LogP contribution in [0.5, 0.6) is 0 Å². The normalized spacial score (nSPS) is 12.5. The van der Waals surface area contributed by atoms with E-state index in [4.69, 9.17) is 5.73 Å². The van der Waals surface area contributed by atoms with Crippen molar-refractivity contribution in [1.82, 2.24) is 5.32 Å². The molecule has 0 aliphatic carbocycles. The number of thiophene rings is 1. The Morgan fingerprint density at radius 2 is 2.54 bits per heavy atom. The number of carbonyl (C=O) groups excluding carboxylic acids is 1. The third-order valence-corrected chi connectivity index (χ3v) is 3.07. The maximum atomic E-state index is 11.4. The van der Waals surface area contributed by atoms with Gasteiger partial charge in [0, 0.05) is 18.0 Å². The van der Waals surface area contributed by atoms with E-state index in [0.717, 1.165) is 3.79 Å². The zero-order valence-corrected chi connectivity index (χ0v) is 9.61. The van der Waals surface area contributed by atoms with Gasteiger partial charge in [0.1, 0.15) is 0 Å². The van der Waals surface area contributed by atoms with Gasteiger partial charge in [0.15, 0.2) is 0 Å². The molecule has 0 saturated carbocycles. The maximum Gasteiger partial charge on any atom is 0.252 e. The van der Waals surface area contributed by atoms with E-state index in [1.165, 1.54) is 11.3 Å². The Morgan fingerprint density at radius 1 is 1.85 bits per heavy atom. The fourth-order valence-corrected chi connectivity index (χ4v) is 1.93. The third-order valence-electron chi connectivity index (χ3n) is 1.56. The standard InChI is InChI=1S/C8H11BrN2OS/c1-5(3-10)11-8(12)6-2-7(9)13-4-6/h2,4-5H,3,10H2,1H3,(H,11,12)/t5-/m1/s1. The Kier molecular flexibility index (Phi) is 3.90. The SMILES string of the molecule is C[C@H](CN)NC(=O)c1csc(Br)c1. The fourth-order valence-electron chi connectivity index (χ4n) is 0.795.